The van der Waals surface area contributed by atoms with Crippen LogP contribution >= 0.6 is 0 Å². The van der Waals surface area contributed by atoms with Crippen molar-refractivity contribution >= 4 is 17.7 Å². The molecule has 0 radical (unpaired) electrons. The number of ether oxygens (including phenoxy) is 2. The first-order chi connectivity index (χ1) is 13.3. The zero-order valence-electron chi connectivity index (χ0n) is 17.7. The average molecular weight is 391 g/mol. The van der Waals surface area contributed by atoms with Gasteiger partial charge in [0.15, 0.2) is 0 Å². The van der Waals surface area contributed by atoms with Crippen LogP contribution in [-0.2, 0) is 15.9 Å². The van der Waals surface area contributed by atoms with Gasteiger partial charge in [0.2, 0.25) is 0 Å². The molecule has 1 heterocycles. The molecule has 1 aliphatic rings. The van der Waals surface area contributed by atoms with Crippen molar-refractivity contribution in [1.82, 2.24) is 5.32 Å². The summed E-state index contributed by atoms with van der Waals surface area (Å²) < 4.78 is 10.5. The Labute approximate surface area is 168 Å². The summed E-state index contributed by atoms with van der Waals surface area (Å²) in [6.45, 7) is 10.3. The number of aryl methyl sites for hydroxylation is 1. The molecule has 0 unspecified atom stereocenters. The quantitative estimate of drug-likeness (QED) is 0.555. The van der Waals surface area contributed by atoms with Gasteiger partial charge in [-0.1, -0.05) is 0 Å². The molecule has 6 nitrogen and oxygen atoms in total. The number of anilines is 1. The zero-order chi connectivity index (χ0) is 20.6. The summed E-state index contributed by atoms with van der Waals surface area (Å²) in [6, 6.07) is 5.99. The van der Waals surface area contributed by atoms with E-state index in [-0.39, 0.29) is 5.97 Å². The number of nitrogens with one attached hydrogen (secondary N) is 1. The highest BCUT2D eigenvalue weighted by Crippen LogP contribution is 2.24. The molecule has 28 heavy (non-hydrogen) atoms. The molecule has 0 aromatic heterocycles. The Bertz CT molecular complexity index is 661. The van der Waals surface area contributed by atoms with Crippen LogP contribution in [-0.4, -0.2) is 43.9 Å². The number of rotatable bonds is 7. The Morgan fingerprint density at radius 3 is 2.50 bits per heavy atom. The number of piperidine rings is 1. The minimum Gasteiger partial charge on any atom is -0.462 e. The minimum absolute atomic E-state index is 0.289. The molecule has 1 aromatic rings. The van der Waals surface area contributed by atoms with Crippen LogP contribution in [0.4, 0.5) is 10.5 Å². The molecule has 156 valence electrons. The Balaban J connectivity index is 2.01. The summed E-state index contributed by atoms with van der Waals surface area (Å²) in [7, 11) is 0. The second kappa shape index (κ2) is 10.3. The molecule has 1 saturated heterocycles. The highest BCUT2D eigenvalue weighted by atomic mass is 16.6. The molecule has 0 aliphatic carbocycles. The molecule has 0 bridgehead atoms. The maximum Gasteiger partial charge on any atom is 0.407 e. The van der Waals surface area contributed by atoms with Crippen LogP contribution in [0, 0.1) is 0 Å². The van der Waals surface area contributed by atoms with Crippen molar-refractivity contribution in [1.29, 1.82) is 0 Å². The van der Waals surface area contributed by atoms with Gasteiger partial charge in [-0.3, -0.25) is 0 Å². The van der Waals surface area contributed by atoms with Crippen molar-refractivity contribution in [2.24, 2.45) is 0 Å². The van der Waals surface area contributed by atoms with Crippen LogP contribution in [0.2, 0.25) is 0 Å². The van der Waals surface area contributed by atoms with E-state index in [0.717, 1.165) is 30.8 Å². The molecule has 0 atom stereocenters. The van der Waals surface area contributed by atoms with Crippen LogP contribution in [0.3, 0.4) is 0 Å². The fraction of sp³-hybridized carbons (Fsp3) is 0.636. The number of carbonyl (C=O) groups excluding carboxylic acids is 2. The predicted molar refractivity (Wildman–Crippen MR) is 111 cm³/mol. The lowest BCUT2D eigenvalue weighted by Crippen LogP contribution is -2.33. The number of amides is 1. The van der Waals surface area contributed by atoms with Gasteiger partial charge < -0.3 is 19.7 Å². The van der Waals surface area contributed by atoms with Crippen molar-refractivity contribution < 1.29 is 19.1 Å². The van der Waals surface area contributed by atoms with Gasteiger partial charge in [-0.2, -0.15) is 0 Å². The SMILES string of the molecule is CCOC(=O)c1ccc(N2CCCCC2)cc1CCCNC(=O)OC(C)(C)C. The molecule has 0 saturated carbocycles. The van der Waals surface area contributed by atoms with Crippen LogP contribution in [0.1, 0.15) is 69.3 Å². The smallest absolute Gasteiger partial charge is 0.407 e. The average Bonchev–Trinajstić information content (AvgIpc) is 2.64. The van der Waals surface area contributed by atoms with Gasteiger partial charge in [-0.15, -0.1) is 0 Å². The van der Waals surface area contributed by atoms with Crippen LogP contribution in [0.5, 0.6) is 0 Å². The topological polar surface area (TPSA) is 67.9 Å². The first kappa shape index (κ1) is 22.1. The molecule has 2 rings (SSSR count). The monoisotopic (exact) mass is 390 g/mol. The Morgan fingerprint density at radius 1 is 1.14 bits per heavy atom. The highest BCUT2D eigenvalue weighted by Gasteiger charge is 2.18. The Kier molecular flexibility index (Phi) is 8.15. The van der Waals surface area contributed by atoms with Crippen molar-refractivity contribution in [3.63, 3.8) is 0 Å². The van der Waals surface area contributed by atoms with E-state index in [0.29, 0.717) is 25.1 Å². The third-order valence-electron chi connectivity index (χ3n) is 4.60. The van der Waals surface area contributed by atoms with Crippen LogP contribution < -0.4 is 10.2 Å². The summed E-state index contributed by atoms with van der Waals surface area (Å²) >= 11 is 0. The molecule has 1 amide bonds. The molecule has 1 N–H and O–H groups in total. The highest BCUT2D eigenvalue weighted by molar-refractivity contribution is 5.91. The standard InChI is InChI=1S/C22H34N2O4/c1-5-27-20(25)19-12-11-18(24-14-7-6-8-15-24)16-17(19)10-9-13-23-21(26)28-22(2,3)4/h11-12,16H,5-10,13-15H2,1-4H3,(H,23,26). The van der Waals surface area contributed by atoms with Crippen molar-refractivity contribution in [3.05, 3.63) is 29.3 Å². The summed E-state index contributed by atoms with van der Waals surface area (Å²) in [5, 5.41) is 2.77. The van der Waals surface area contributed by atoms with E-state index in [1.54, 1.807) is 0 Å². The van der Waals surface area contributed by atoms with E-state index in [4.69, 9.17) is 9.47 Å². The fourth-order valence-corrected chi connectivity index (χ4v) is 3.33. The molecule has 1 fully saturated rings. The summed E-state index contributed by atoms with van der Waals surface area (Å²) in [5.74, 6) is -0.289. The number of hydrogen-bond donors (Lipinski definition) is 1. The second-order valence-corrected chi connectivity index (χ2v) is 8.14. The van der Waals surface area contributed by atoms with Crippen molar-refractivity contribution in [2.75, 3.05) is 31.1 Å². The van der Waals surface area contributed by atoms with Gasteiger partial charge >= 0.3 is 12.1 Å². The van der Waals surface area contributed by atoms with E-state index in [1.165, 1.54) is 19.3 Å². The number of hydrogen-bond acceptors (Lipinski definition) is 5. The van der Waals surface area contributed by atoms with Gasteiger partial charge in [-0.05, 0) is 83.6 Å². The van der Waals surface area contributed by atoms with E-state index >= 15 is 0 Å². The number of nitrogens with zero attached hydrogens (tertiary/aromatic N) is 1. The van der Waals surface area contributed by atoms with Gasteiger partial charge in [0.25, 0.3) is 0 Å². The van der Waals surface area contributed by atoms with E-state index in [2.05, 4.69) is 16.3 Å². The summed E-state index contributed by atoms with van der Waals surface area (Å²) in [6.07, 6.45) is 4.67. The van der Waals surface area contributed by atoms with E-state index in [1.807, 2.05) is 39.8 Å². The molecular formula is C22H34N2O4. The number of benzene rings is 1. The third kappa shape index (κ3) is 7.06. The number of carbonyl (C=O) groups is 2. The van der Waals surface area contributed by atoms with Crippen molar-refractivity contribution in [2.45, 2.75) is 65.4 Å². The summed E-state index contributed by atoms with van der Waals surface area (Å²) in [4.78, 5) is 26.5. The predicted octanol–water partition coefficient (Wildman–Crippen LogP) is 4.31. The van der Waals surface area contributed by atoms with E-state index in [9.17, 15) is 9.59 Å². The maximum absolute atomic E-state index is 12.3. The molecular weight excluding hydrogens is 356 g/mol. The minimum atomic E-state index is -0.510. The first-order valence-corrected chi connectivity index (χ1v) is 10.3. The van der Waals surface area contributed by atoms with Gasteiger partial charge in [0.1, 0.15) is 5.60 Å². The van der Waals surface area contributed by atoms with Gasteiger partial charge in [0.05, 0.1) is 12.2 Å². The van der Waals surface area contributed by atoms with Crippen molar-refractivity contribution in [3.8, 4) is 0 Å². The third-order valence-corrected chi connectivity index (χ3v) is 4.60. The second-order valence-electron chi connectivity index (χ2n) is 8.14. The van der Waals surface area contributed by atoms with Gasteiger partial charge in [0, 0.05) is 25.3 Å². The lowest BCUT2D eigenvalue weighted by atomic mass is 10.0. The van der Waals surface area contributed by atoms with Gasteiger partial charge in [-0.25, -0.2) is 9.59 Å². The van der Waals surface area contributed by atoms with E-state index < -0.39 is 11.7 Å². The lowest BCUT2D eigenvalue weighted by Gasteiger charge is -2.29. The normalized spacial score (nSPS) is 14.5. The maximum atomic E-state index is 12.3. The molecule has 0 spiro atoms. The molecule has 1 aliphatic heterocycles. The van der Waals surface area contributed by atoms with Crippen LogP contribution in [0.25, 0.3) is 0 Å². The lowest BCUT2D eigenvalue weighted by molar-refractivity contribution is 0.0513. The largest absolute Gasteiger partial charge is 0.462 e. The molecule has 6 heteroatoms. The first-order valence-electron chi connectivity index (χ1n) is 10.3. The van der Waals surface area contributed by atoms with Crippen LogP contribution in [0.15, 0.2) is 18.2 Å². The number of esters is 1. The fourth-order valence-electron chi connectivity index (χ4n) is 3.33. The summed E-state index contributed by atoms with van der Waals surface area (Å²) in [5.41, 5.74) is 2.22. The zero-order valence-corrected chi connectivity index (χ0v) is 17.7. The molecule has 1 aromatic carbocycles. The number of alkyl carbamates (subject to hydrolysis) is 1. The Hall–Kier alpha value is -2.24. The Morgan fingerprint density at radius 2 is 1.86 bits per heavy atom.